The van der Waals surface area contributed by atoms with Gasteiger partial charge in [0, 0.05) is 11.5 Å². The van der Waals surface area contributed by atoms with Crippen LogP contribution in [0, 0.1) is 17.7 Å². The largest absolute Gasteiger partial charge is 0.367 e. The summed E-state index contributed by atoms with van der Waals surface area (Å²) in [6, 6.07) is 4.93. The molecule has 2 aliphatic carbocycles. The Morgan fingerprint density at radius 2 is 2.14 bits per heavy atom. The number of nitrogens with two attached hydrogens (primary N) is 1. The molecular weight excluding hydrogens is 291 g/mol. The molecule has 3 nitrogen and oxygen atoms in total. The third-order valence-electron chi connectivity index (χ3n) is 5.06. The van der Waals surface area contributed by atoms with Crippen LogP contribution in [0.2, 0.25) is 5.02 Å². The Balaban J connectivity index is 1.83. The van der Waals surface area contributed by atoms with E-state index < -0.39 is 5.82 Å². The molecule has 2 saturated carbocycles. The molecule has 0 radical (unpaired) electrons. The summed E-state index contributed by atoms with van der Waals surface area (Å²) in [5.41, 5.74) is 7.70. The van der Waals surface area contributed by atoms with E-state index in [4.69, 9.17) is 21.9 Å². The molecule has 1 aromatic heterocycles. The number of hydrogen-bond donors (Lipinski definition) is 1. The molecule has 1 heterocycles. The number of nitrogen functional groups attached to an aromatic ring is 1. The minimum atomic E-state index is -0.460. The molecule has 0 amide bonds. The predicted octanol–water partition coefficient (Wildman–Crippen LogP) is 4.62. The van der Waals surface area contributed by atoms with Crippen LogP contribution in [-0.2, 0) is 0 Å². The van der Waals surface area contributed by atoms with Crippen molar-refractivity contribution in [1.29, 1.82) is 0 Å². The molecule has 21 heavy (non-hydrogen) atoms. The number of aromatic nitrogens is 1. The fourth-order valence-electron chi connectivity index (χ4n) is 4.12. The quantitative estimate of drug-likeness (QED) is 0.880. The van der Waals surface area contributed by atoms with Crippen molar-refractivity contribution in [2.75, 3.05) is 5.73 Å². The Morgan fingerprint density at radius 3 is 2.86 bits per heavy atom. The van der Waals surface area contributed by atoms with Gasteiger partial charge in [0.05, 0.1) is 16.3 Å². The normalized spacial score (nSPS) is 27.4. The average molecular weight is 307 g/mol. The van der Waals surface area contributed by atoms with E-state index in [9.17, 15) is 4.39 Å². The molecule has 3 unspecified atom stereocenters. The standard InChI is InChI=1S/C16H16ClFN2O/c17-12-3-1-2-10(14(12)18)13-15(20-21-16(13)19)11-7-8-4-5-9(11)6-8/h1-3,8-9,11H,4-7,19H2. The molecule has 2 aromatic rings. The first-order valence-electron chi connectivity index (χ1n) is 7.34. The molecule has 0 aliphatic heterocycles. The van der Waals surface area contributed by atoms with Crippen molar-refractivity contribution in [1.82, 2.24) is 5.16 Å². The van der Waals surface area contributed by atoms with Crippen molar-refractivity contribution >= 4 is 17.5 Å². The van der Waals surface area contributed by atoms with Gasteiger partial charge in [-0.2, -0.15) is 0 Å². The van der Waals surface area contributed by atoms with Crippen molar-refractivity contribution < 1.29 is 8.91 Å². The summed E-state index contributed by atoms with van der Waals surface area (Å²) in [5, 5.41) is 4.24. The highest BCUT2D eigenvalue weighted by Gasteiger charge is 2.43. The number of rotatable bonds is 2. The van der Waals surface area contributed by atoms with Crippen LogP contribution < -0.4 is 5.73 Å². The topological polar surface area (TPSA) is 52.0 Å². The zero-order valence-electron chi connectivity index (χ0n) is 11.5. The fourth-order valence-corrected chi connectivity index (χ4v) is 4.29. The maximum atomic E-state index is 14.3. The number of nitrogens with zero attached hydrogens (tertiary/aromatic N) is 1. The van der Waals surface area contributed by atoms with Crippen molar-refractivity contribution in [3.63, 3.8) is 0 Å². The van der Waals surface area contributed by atoms with Gasteiger partial charge < -0.3 is 10.3 Å². The molecule has 0 spiro atoms. The molecule has 4 rings (SSSR count). The average Bonchev–Trinajstić information content (AvgIpc) is 3.17. The summed E-state index contributed by atoms with van der Waals surface area (Å²) in [5.74, 6) is 1.45. The van der Waals surface area contributed by atoms with Crippen LogP contribution in [0.1, 0.15) is 37.3 Å². The highest BCUT2D eigenvalue weighted by Crippen LogP contribution is 2.54. The van der Waals surface area contributed by atoms with Crippen LogP contribution in [0.4, 0.5) is 10.3 Å². The van der Waals surface area contributed by atoms with Crippen LogP contribution in [0.15, 0.2) is 22.7 Å². The summed E-state index contributed by atoms with van der Waals surface area (Å²) in [4.78, 5) is 0. The Hall–Kier alpha value is -1.55. The van der Waals surface area contributed by atoms with E-state index in [0.717, 1.165) is 18.0 Å². The van der Waals surface area contributed by atoms with Gasteiger partial charge in [0.25, 0.3) is 0 Å². The zero-order chi connectivity index (χ0) is 14.6. The second-order valence-electron chi connectivity index (χ2n) is 6.19. The van der Waals surface area contributed by atoms with Gasteiger partial charge in [-0.3, -0.25) is 0 Å². The van der Waals surface area contributed by atoms with E-state index >= 15 is 0 Å². The first-order valence-corrected chi connectivity index (χ1v) is 7.72. The maximum absolute atomic E-state index is 14.3. The van der Waals surface area contributed by atoms with Crippen molar-refractivity contribution in [3.05, 3.63) is 34.7 Å². The summed E-state index contributed by atoms with van der Waals surface area (Å²) in [7, 11) is 0. The lowest BCUT2D eigenvalue weighted by molar-refractivity contribution is 0.375. The molecule has 2 bridgehead atoms. The third kappa shape index (κ3) is 1.96. The lowest BCUT2D eigenvalue weighted by Crippen LogP contribution is -2.10. The summed E-state index contributed by atoms with van der Waals surface area (Å²) >= 11 is 5.89. The van der Waals surface area contributed by atoms with Crippen LogP contribution in [0.3, 0.4) is 0 Å². The van der Waals surface area contributed by atoms with Gasteiger partial charge in [0.15, 0.2) is 0 Å². The summed E-state index contributed by atoms with van der Waals surface area (Å²) in [6.45, 7) is 0. The molecular formula is C16H16ClFN2O. The Bertz CT molecular complexity index is 700. The van der Waals surface area contributed by atoms with Crippen LogP contribution in [0.5, 0.6) is 0 Å². The minimum Gasteiger partial charge on any atom is -0.367 e. The molecule has 2 N–H and O–H groups in total. The van der Waals surface area contributed by atoms with Crippen molar-refractivity contribution in [2.45, 2.75) is 31.6 Å². The van der Waals surface area contributed by atoms with Gasteiger partial charge in [-0.15, -0.1) is 0 Å². The maximum Gasteiger partial charge on any atom is 0.230 e. The van der Waals surface area contributed by atoms with E-state index in [-0.39, 0.29) is 10.9 Å². The highest BCUT2D eigenvalue weighted by atomic mass is 35.5. The van der Waals surface area contributed by atoms with Gasteiger partial charge in [0.2, 0.25) is 5.88 Å². The van der Waals surface area contributed by atoms with Crippen LogP contribution >= 0.6 is 11.6 Å². The second kappa shape index (κ2) is 4.73. The second-order valence-corrected chi connectivity index (χ2v) is 6.60. The van der Waals surface area contributed by atoms with E-state index in [2.05, 4.69) is 5.16 Å². The Kier molecular flexibility index (Phi) is 2.96. The van der Waals surface area contributed by atoms with Gasteiger partial charge in [-0.05, 0) is 37.2 Å². The van der Waals surface area contributed by atoms with Crippen molar-refractivity contribution in [2.24, 2.45) is 11.8 Å². The fraction of sp³-hybridized carbons (Fsp3) is 0.438. The van der Waals surface area contributed by atoms with E-state index in [0.29, 0.717) is 23.0 Å². The number of halogens is 2. The molecule has 0 saturated heterocycles. The minimum absolute atomic E-state index is 0.0898. The number of hydrogen-bond acceptors (Lipinski definition) is 3. The molecule has 3 atom stereocenters. The lowest BCUT2D eigenvalue weighted by atomic mass is 9.84. The third-order valence-corrected chi connectivity index (χ3v) is 5.35. The number of fused-ring (bicyclic) bond motifs is 2. The zero-order valence-corrected chi connectivity index (χ0v) is 12.2. The summed E-state index contributed by atoms with van der Waals surface area (Å²) < 4.78 is 19.5. The lowest BCUT2D eigenvalue weighted by Gasteiger charge is -2.20. The molecule has 110 valence electrons. The molecule has 5 heteroatoms. The van der Waals surface area contributed by atoms with E-state index in [1.165, 1.54) is 25.3 Å². The van der Waals surface area contributed by atoms with Crippen LogP contribution in [-0.4, -0.2) is 5.16 Å². The SMILES string of the molecule is Nc1onc(C2CC3CCC2C3)c1-c1cccc(Cl)c1F. The van der Waals surface area contributed by atoms with Crippen molar-refractivity contribution in [3.8, 4) is 11.1 Å². The molecule has 1 aromatic carbocycles. The molecule has 2 fully saturated rings. The highest BCUT2D eigenvalue weighted by molar-refractivity contribution is 6.31. The monoisotopic (exact) mass is 306 g/mol. The summed E-state index contributed by atoms with van der Waals surface area (Å²) in [6.07, 6.45) is 4.87. The molecule has 2 aliphatic rings. The first-order chi connectivity index (χ1) is 10.1. The van der Waals surface area contributed by atoms with Crippen LogP contribution in [0.25, 0.3) is 11.1 Å². The van der Waals surface area contributed by atoms with Gasteiger partial charge in [0.1, 0.15) is 5.82 Å². The van der Waals surface area contributed by atoms with Gasteiger partial charge in [-0.25, -0.2) is 4.39 Å². The van der Waals surface area contributed by atoms with Gasteiger partial charge in [-0.1, -0.05) is 35.3 Å². The number of benzene rings is 1. The predicted molar refractivity (Wildman–Crippen MR) is 79.5 cm³/mol. The smallest absolute Gasteiger partial charge is 0.230 e. The number of anilines is 1. The van der Waals surface area contributed by atoms with Gasteiger partial charge >= 0.3 is 0 Å². The first kappa shape index (κ1) is 13.1. The Labute approximate surface area is 127 Å². The van der Waals surface area contributed by atoms with E-state index in [1.54, 1.807) is 12.1 Å². The van der Waals surface area contributed by atoms with E-state index in [1.807, 2.05) is 0 Å². The Morgan fingerprint density at radius 1 is 1.29 bits per heavy atom.